The second-order valence-corrected chi connectivity index (χ2v) is 8.18. The summed E-state index contributed by atoms with van der Waals surface area (Å²) in [5.74, 6) is 0.148. The minimum atomic E-state index is 0.148. The number of nitrogens with zero attached hydrogens (tertiary/aromatic N) is 2. The van der Waals surface area contributed by atoms with E-state index in [1.807, 2.05) is 4.90 Å². The molecule has 0 radical (unpaired) electrons. The molecule has 0 atom stereocenters. The van der Waals surface area contributed by atoms with Crippen molar-refractivity contribution in [1.82, 2.24) is 9.88 Å². The number of benzene rings is 1. The summed E-state index contributed by atoms with van der Waals surface area (Å²) < 4.78 is 0. The molecular formula is C19H19N3OS2. The largest absolute Gasteiger partial charge is 0.338 e. The molecule has 0 saturated carbocycles. The first-order valence-electron chi connectivity index (χ1n) is 8.26. The summed E-state index contributed by atoms with van der Waals surface area (Å²) in [6.07, 6.45) is 0.942. The Kier molecular flexibility index (Phi) is 4.41. The molecule has 0 aliphatic carbocycles. The highest BCUT2D eigenvalue weighted by Gasteiger charge is 2.21. The number of thiophene rings is 1. The maximum absolute atomic E-state index is 11.6. The van der Waals surface area contributed by atoms with Crippen molar-refractivity contribution in [3.63, 3.8) is 0 Å². The molecule has 0 fully saturated rings. The van der Waals surface area contributed by atoms with Crippen molar-refractivity contribution in [2.75, 3.05) is 6.54 Å². The standard InChI is InChI=1S/C19H19N3OS2/c1-12(23)22-7-6-17-15(10-22)8-18(25-17)16-11-24-19(21-16)14-4-2-13(9-20)3-5-14/h2-5,8,11H,6-7,9-10,20H2,1H3. The van der Waals surface area contributed by atoms with Crippen molar-refractivity contribution in [3.05, 3.63) is 51.7 Å². The molecule has 1 aliphatic rings. The molecule has 0 bridgehead atoms. The first-order chi connectivity index (χ1) is 12.1. The van der Waals surface area contributed by atoms with Gasteiger partial charge in [-0.25, -0.2) is 4.98 Å². The number of fused-ring (bicyclic) bond motifs is 1. The summed E-state index contributed by atoms with van der Waals surface area (Å²) in [7, 11) is 0. The molecule has 2 N–H and O–H groups in total. The molecule has 1 aromatic carbocycles. The van der Waals surface area contributed by atoms with Gasteiger partial charge in [-0.3, -0.25) is 4.79 Å². The number of hydrogen-bond acceptors (Lipinski definition) is 5. The van der Waals surface area contributed by atoms with Crippen LogP contribution in [0.3, 0.4) is 0 Å². The minimum Gasteiger partial charge on any atom is -0.338 e. The first kappa shape index (κ1) is 16.4. The number of nitrogens with two attached hydrogens (primary N) is 1. The molecule has 0 saturated heterocycles. The molecule has 1 aliphatic heterocycles. The van der Waals surface area contributed by atoms with E-state index in [2.05, 4.69) is 35.7 Å². The van der Waals surface area contributed by atoms with Crippen LogP contribution >= 0.6 is 22.7 Å². The molecule has 0 spiro atoms. The van der Waals surface area contributed by atoms with Crippen LogP contribution < -0.4 is 5.73 Å². The van der Waals surface area contributed by atoms with Crippen molar-refractivity contribution in [3.8, 4) is 21.1 Å². The summed E-state index contributed by atoms with van der Waals surface area (Å²) >= 11 is 3.47. The van der Waals surface area contributed by atoms with E-state index in [1.165, 1.54) is 15.3 Å². The van der Waals surface area contributed by atoms with Crippen LogP contribution in [0.25, 0.3) is 21.1 Å². The number of aromatic nitrogens is 1. The molecule has 1 amide bonds. The molecule has 0 unspecified atom stereocenters. The second-order valence-electron chi connectivity index (χ2n) is 6.19. The van der Waals surface area contributed by atoms with E-state index in [1.54, 1.807) is 29.6 Å². The van der Waals surface area contributed by atoms with Crippen LogP contribution in [0.1, 0.15) is 22.9 Å². The van der Waals surface area contributed by atoms with Crippen molar-refractivity contribution in [2.24, 2.45) is 5.73 Å². The molecule has 6 heteroatoms. The lowest BCUT2D eigenvalue weighted by Gasteiger charge is -2.25. The van der Waals surface area contributed by atoms with Crippen LogP contribution in [0.4, 0.5) is 0 Å². The van der Waals surface area contributed by atoms with Gasteiger partial charge < -0.3 is 10.6 Å². The van der Waals surface area contributed by atoms with Crippen molar-refractivity contribution in [2.45, 2.75) is 26.4 Å². The highest BCUT2D eigenvalue weighted by Crippen LogP contribution is 2.37. The average molecular weight is 370 g/mol. The SMILES string of the molecule is CC(=O)N1CCc2sc(-c3csc(-c4ccc(CN)cc4)n3)cc2C1. The van der Waals surface area contributed by atoms with E-state index in [0.29, 0.717) is 6.54 Å². The van der Waals surface area contributed by atoms with E-state index in [-0.39, 0.29) is 5.91 Å². The van der Waals surface area contributed by atoms with Gasteiger partial charge in [0.05, 0.1) is 10.6 Å². The van der Waals surface area contributed by atoms with Crippen LogP contribution in [0.15, 0.2) is 35.7 Å². The Hall–Kier alpha value is -2.02. The minimum absolute atomic E-state index is 0.148. The Bertz CT molecular complexity index is 911. The smallest absolute Gasteiger partial charge is 0.219 e. The maximum atomic E-state index is 11.6. The fourth-order valence-corrected chi connectivity index (χ4v) is 5.06. The molecule has 4 rings (SSSR count). The maximum Gasteiger partial charge on any atom is 0.219 e. The predicted molar refractivity (Wildman–Crippen MR) is 104 cm³/mol. The van der Waals surface area contributed by atoms with Crippen LogP contribution in [-0.2, 0) is 24.3 Å². The summed E-state index contributed by atoms with van der Waals surface area (Å²) in [5, 5.41) is 3.14. The van der Waals surface area contributed by atoms with E-state index in [4.69, 9.17) is 10.7 Å². The predicted octanol–water partition coefficient (Wildman–Crippen LogP) is 3.90. The van der Waals surface area contributed by atoms with Gasteiger partial charge in [-0.15, -0.1) is 22.7 Å². The van der Waals surface area contributed by atoms with E-state index in [0.717, 1.165) is 41.3 Å². The number of rotatable bonds is 3. The quantitative estimate of drug-likeness (QED) is 0.762. The van der Waals surface area contributed by atoms with E-state index in [9.17, 15) is 4.79 Å². The van der Waals surface area contributed by atoms with Gasteiger partial charge in [-0.2, -0.15) is 0 Å². The van der Waals surface area contributed by atoms with Gasteiger partial charge in [-0.1, -0.05) is 24.3 Å². The van der Waals surface area contributed by atoms with Gasteiger partial charge in [0.15, 0.2) is 0 Å². The normalized spacial score (nSPS) is 13.8. The summed E-state index contributed by atoms with van der Waals surface area (Å²) in [5.41, 5.74) is 10.2. The lowest BCUT2D eigenvalue weighted by Crippen LogP contribution is -2.33. The number of carbonyl (C=O) groups excluding carboxylic acids is 1. The fourth-order valence-electron chi connectivity index (χ4n) is 3.03. The molecule has 3 heterocycles. The van der Waals surface area contributed by atoms with Crippen molar-refractivity contribution < 1.29 is 4.79 Å². The van der Waals surface area contributed by atoms with Gasteiger partial charge in [-0.05, 0) is 23.6 Å². The van der Waals surface area contributed by atoms with Gasteiger partial charge in [0.25, 0.3) is 0 Å². The third kappa shape index (κ3) is 3.25. The zero-order valence-corrected chi connectivity index (χ0v) is 15.6. The summed E-state index contributed by atoms with van der Waals surface area (Å²) in [6, 6.07) is 10.5. The highest BCUT2D eigenvalue weighted by atomic mass is 32.1. The van der Waals surface area contributed by atoms with Gasteiger partial charge in [0, 0.05) is 42.4 Å². The Labute approximate surface area is 154 Å². The van der Waals surface area contributed by atoms with Gasteiger partial charge in [0.2, 0.25) is 5.91 Å². The molecular weight excluding hydrogens is 350 g/mol. The fraction of sp³-hybridized carbons (Fsp3) is 0.263. The lowest BCUT2D eigenvalue weighted by atomic mass is 10.1. The number of carbonyl (C=O) groups is 1. The highest BCUT2D eigenvalue weighted by molar-refractivity contribution is 7.17. The molecule has 3 aromatic rings. The zero-order chi connectivity index (χ0) is 17.4. The molecule has 128 valence electrons. The van der Waals surface area contributed by atoms with E-state index < -0.39 is 0 Å². The van der Waals surface area contributed by atoms with Crippen LogP contribution in [0, 0.1) is 0 Å². The third-order valence-corrected chi connectivity index (χ3v) is 6.66. The van der Waals surface area contributed by atoms with Crippen LogP contribution in [0.5, 0.6) is 0 Å². The topological polar surface area (TPSA) is 59.2 Å². The number of hydrogen-bond donors (Lipinski definition) is 1. The summed E-state index contributed by atoms with van der Waals surface area (Å²) in [4.78, 5) is 20.9. The Balaban J connectivity index is 1.59. The molecule has 4 nitrogen and oxygen atoms in total. The van der Waals surface area contributed by atoms with Gasteiger partial charge in [0.1, 0.15) is 5.01 Å². The third-order valence-electron chi connectivity index (χ3n) is 4.51. The Morgan fingerprint density at radius 2 is 2.12 bits per heavy atom. The average Bonchev–Trinajstić information content (AvgIpc) is 3.27. The zero-order valence-electron chi connectivity index (χ0n) is 14.0. The van der Waals surface area contributed by atoms with Crippen molar-refractivity contribution >= 4 is 28.6 Å². The van der Waals surface area contributed by atoms with E-state index >= 15 is 0 Å². The van der Waals surface area contributed by atoms with Gasteiger partial charge >= 0.3 is 0 Å². The Morgan fingerprint density at radius 3 is 2.84 bits per heavy atom. The molecule has 25 heavy (non-hydrogen) atoms. The monoisotopic (exact) mass is 369 g/mol. The van der Waals surface area contributed by atoms with Crippen molar-refractivity contribution in [1.29, 1.82) is 0 Å². The second kappa shape index (κ2) is 6.71. The number of amides is 1. The van der Waals surface area contributed by atoms with Crippen LogP contribution in [0.2, 0.25) is 0 Å². The Morgan fingerprint density at radius 1 is 1.32 bits per heavy atom. The van der Waals surface area contributed by atoms with Crippen LogP contribution in [-0.4, -0.2) is 22.3 Å². The lowest BCUT2D eigenvalue weighted by molar-refractivity contribution is -0.129. The number of thiazole rings is 1. The summed E-state index contributed by atoms with van der Waals surface area (Å²) in [6.45, 7) is 3.74. The first-order valence-corrected chi connectivity index (χ1v) is 9.96. The molecule has 2 aromatic heterocycles.